The second kappa shape index (κ2) is 4.97. The Labute approximate surface area is 105 Å². The maximum atomic E-state index is 12.1. The van der Waals surface area contributed by atoms with Crippen molar-refractivity contribution >= 4 is 5.91 Å². The summed E-state index contributed by atoms with van der Waals surface area (Å²) in [7, 11) is 0. The zero-order valence-corrected chi connectivity index (χ0v) is 11.2. The van der Waals surface area contributed by atoms with E-state index >= 15 is 0 Å². The summed E-state index contributed by atoms with van der Waals surface area (Å²) >= 11 is 0. The van der Waals surface area contributed by atoms with Crippen LogP contribution in [0.3, 0.4) is 0 Å². The summed E-state index contributed by atoms with van der Waals surface area (Å²) in [5.41, 5.74) is 6.33. The molecule has 2 fully saturated rings. The van der Waals surface area contributed by atoms with E-state index in [0.29, 0.717) is 5.91 Å². The summed E-state index contributed by atoms with van der Waals surface area (Å²) in [6.07, 6.45) is 6.89. The lowest BCUT2D eigenvalue weighted by molar-refractivity contribution is -0.134. The molecule has 0 spiro atoms. The first-order chi connectivity index (χ1) is 7.99. The topological polar surface area (TPSA) is 46.3 Å². The number of likely N-dealkylation sites (tertiary alicyclic amines) is 1. The average Bonchev–Trinajstić information content (AvgIpc) is 2.19. The molecular weight excluding hydrogens is 212 g/mol. The van der Waals surface area contributed by atoms with Crippen molar-refractivity contribution in [1.82, 2.24) is 4.90 Å². The summed E-state index contributed by atoms with van der Waals surface area (Å²) < 4.78 is 0. The van der Waals surface area contributed by atoms with E-state index in [4.69, 9.17) is 5.73 Å². The number of carbonyl (C=O) groups is 1. The summed E-state index contributed by atoms with van der Waals surface area (Å²) in [6, 6.07) is 0.129. The molecule has 2 N–H and O–H groups in total. The third-order valence-corrected chi connectivity index (χ3v) is 4.79. The highest BCUT2D eigenvalue weighted by atomic mass is 16.2. The van der Waals surface area contributed by atoms with Gasteiger partial charge in [0.25, 0.3) is 0 Å². The minimum absolute atomic E-state index is 0.129. The minimum atomic E-state index is 0.129. The lowest BCUT2D eigenvalue weighted by Gasteiger charge is -2.42. The number of hydrogen-bond acceptors (Lipinski definition) is 2. The van der Waals surface area contributed by atoms with E-state index in [1.807, 2.05) is 4.90 Å². The molecule has 1 atom stereocenters. The van der Waals surface area contributed by atoms with Gasteiger partial charge in [-0.1, -0.05) is 33.1 Å². The predicted molar refractivity (Wildman–Crippen MR) is 69.5 cm³/mol. The molecule has 1 aliphatic heterocycles. The van der Waals surface area contributed by atoms with Crippen LogP contribution in [0, 0.1) is 11.3 Å². The smallest absolute Gasteiger partial charge is 0.222 e. The maximum Gasteiger partial charge on any atom is 0.222 e. The molecule has 0 aromatic heterocycles. The Hall–Kier alpha value is -0.570. The van der Waals surface area contributed by atoms with Crippen molar-refractivity contribution < 1.29 is 4.79 Å². The monoisotopic (exact) mass is 238 g/mol. The van der Waals surface area contributed by atoms with Crippen LogP contribution in [0.1, 0.15) is 52.4 Å². The van der Waals surface area contributed by atoms with Crippen molar-refractivity contribution in [3.8, 4) is 0 Å². The van der Waals surface area contributed by atoms with Crippen molar-refractivity contribution in [2.24, 2.45) is 17.1 Å². The van der Waals surface area contributed by atoms with Crippen LogP contribution in [-0.4, -0.2) is 29.9 Å². The standard InChI is InChI=1S/C14H26N2O/c1-14(2)8-9-16(10-12(14)15)13(17)7-6-11-4-3-5-11/h11-12H,3-10,15H2,1-2H3. The summed E-state index contributed by atoms with van der Waals surface area (Å²) in [6.45, 7) is 6.04. The van der Waals surface area contributed by atoms with E-state index in [2.05, 4.69) is 13.8 Å². The molecule has 17 heavy (non-hydrogen) atoms. The van der Waals surface area contributed by atoms with Crippen LogP contribution >= 0.6 is 0 Å². The van der Waals surface area contributed by atoms with Gasteiger partial charge in [0.15, 0.2) is 0 Å². The van der Waals surface area contributed by atoms with E-state index in [-0.39, 0.29) is 11.5 Å². The van der Waals surface area contributed by atoms with Gasteiger partial charge in [0.2, 0.25) is 5.91 Å². The van der Waals surface area contributed by atoms with Crippen LogP contribution in [0.25, 0.3) is 0 Å². The average molecular weight is 238 g/mol. The van der Waals surface area contributed by atoms with Crippen LogP contribution in [-0.2, 0) is 4.79 Å². The molecule has 1 amide bonds. The Morgan fingerprint density at radius 3 is 2.65 bits per heavy atom. The zero-order chi connectivity index (χ0) is 12.5. The molecule has 0 radical (unpaired) electrons. The first-order valence-electron chi connectivity index (χ1n) is 7.02. The molecule has 3 heteroatoms. The van der Waals surface area contributed by atoms with E-state index in [1.54, 1.807) is 0 Å². The molecule has 1 heterocycles. The van der Waals surface area contributed by atoms with Gasteiger partial charge >= 0.3 is 0 Å². The summed E-state index contributed by atoms with van der Waals surface area (Å²) in [5.74, 6) is 1.15. The highest BCUT2D eigenvalue weighted by Crippen LogP contribution is 2.32. The van der Waals surface area contributed by atoms with Gasteiger partial charge in [-0.3, -0.25) is 4.79 Å². The van der Waals surface area contributed by atoms with Gasteiger partial charge in [0, 0.05) is 25.6 Å². The lowest BCUT2D eigenvalue weighted by atomic mass is 9.78. The second-order valence-electron chi connectivity index (χ2n) is 6.52. The Kier molecular flexibility index (Phi) is 3.76. The maximum absolute atomic E-state index is 12.1. The molecule has 98 valence electrons. The number of carbonyl (C=O) groups excluding carboxylic acids is 1. The van der Waals surface area contributed by atoms with E-state index in [1.165, 1.54) is 19.3 Å². The second-order valence-corrected chi connectivity index (χ2v) is 6.52. The van der Waals surface area contributed by atoms with Gasteiger partial charge in [0.05, 0.1) is 0 Å². The molecular formula is C14H26N2O. The Balaban J connectivity index is 1.76. The molecule has 1 aliphatic carbocycles. The fourth-order valence-corrected chi connectivity index (χ4v) is 2.68. The van der Waals surface area contributed by atoms with Gasteiger partial charge in [-0.2, -0.15) is 0 Å². The van der Waals surface area contributed by atoms with E-state index < -0.39 is 0 Å². The quantitative estimate of drug-likeness (QED) is 0.819. The fraction of sp³-hybridized carbons (Fsp3) is 0.929. The molecule has 2 rings (SSSR count). The van der Waals surface area contributed by atoms with Crippen LogP contribution in [0.2, 0.25) is 0 Å². The van der Waals surface area contributed by atoms with Crippen LogP contribution in [0.5, 0.6) is 0 Å². The molecule has 1 saturated carbocycles. The molecule has 3 nitrogen and oxygen atoms in total. The number of hydrogen-bond donors (Lipinski definition) is 1. The minimum Gasteiger partial charge on any atom is -0.341 e. The third-order valence-electron chi connectivity index (χ3n) is 4.79. The third kappa shape index (κ3) is 3.01. The first kappa shape index (κ1) is 12.9. The van der Waals surface area contributed by atoms with Gasteiger partial charge in [0.1, 0.15) is 0 Å². The Morgan fingerprint density at radius 1 is 1.41 bits per heavy atom. The highest BCUT2D eigenvalue weighted by molar-refractivity contribution is 5.76. The number of nitrogens with two attached hydrogens (primary N) is 1. The van der Waals surface area contributed by atoms with Gasteiger partial charge in [-0.15, -0.1) is 0 Å². The van der Waals surface area contributed by atoms with Gasteiger partial charge < -0.3 is 10.6 Å². The van der Waals surface area contributed by atoms with Crippen molar-refractivity contribution in [2.75, 3.05) is 13.1 Å². The van der Waals surface area contributed by atoms with Crippen molar-refractivity contribution in [2.45, 2.75) is 58.4 Å². The van der Waals surface area contributed by atoms with E-state index in [9.17, 15) is 4.79 Å². The molecule has 2 aliphatic rings. The van der Waals surface area contributed by atoms with Crippen LogP contribution in [0.15, 0.2) is 0 Å². The number of piperidine rings is 1. The normalized spacial score (nSPS) is 28.9. The largest absolute Gasteiger partial charge is 0.341 e. The van der Waals surface area contributed by atoms with Crippen LogP contribution in [0.4, 0.5) is 0 Å². The summed E-state index contributed by atoms with van der Waals surface area (Å²) in [4.78, 5) is 14.1. The SMILES string of the molecule is CC1(C)CCN(C(=O)CCC2CCC2)CC1N. The van der Waals surface area contributed by atoms with Crippen molar-refractivity contribution in [3.63, 3.8) is 0 Å². The molecule has 0 aromatic rings. The lowest BCUT2D eigenvalue weighted by Crippen LogP contribution is -2.54. The fourth-order valence-electron chi connectivity index (χ4n) is 2.68. The number of amides is 1. The number of nitrogens with zero attached hydrogens (tertiary/aromatic N) is 1. The summed E-state index contributed by atoms with van der Waals surface area (Å²) in [5, 5.41) is 0. The Bertz CT molecular complexity index is 284. The molecule has 1 saturated heterocycles. The van der Waals surface area contributed by atoms with E-state index in [0.717, 1.165) is 38.3 Å². The molecule has 0 bridgehead atoms. The predicted octanol–water partition coefficient (Wildman–Crippen LogP) is 2.15. The molecule has 0 aromatic carbocycles. The highest BCUT2D eigenvalue weighted by Gasteiger charge is 2.34. The molecule has 1 unspecified atom stereocenters. The Morgan fingerprint density at radius 2 is 2.12 bits per heavy atom. The van der Waals surface area contributed by atoms with Crippen molar-refractivity contribution in [3.05, 3.63) is 0 Å². The zero-order valence-electron chi connectivity index (χ0n) is 11.2. The first-order valence-corrected chi connectivity index (χ1v) is 7.02. The number of rotatable bonds is 3. The van der Waals surface area contributed by atoms with Crippen molar-refractivity contribution in [1.29, 1.82) is 0 Å². The van der Waals surface area contributed by atoms with Crippen LogP contribution < -0.4 is 5.73 Å². The van der Waals surface area contributed by atoms with Gasteiger partial charge in [-0.25, -0.2) is 0 Å². The van der Waals surface area contributed by atoms with Gasteiger partial charge in [-0.05, 0) is 24.2 Å².